The van der Waals surface area contributed by atoms with Crippen LogP contribution in [0, 0.1) is 13.8 Å². The van der Waals surface area contributed by atoms with Crippen molar-refractivity contribution in [2.24, 2.45) is 5.10 Å². The Morgan fingerprint density at radius 2 is 1.88 bits per heavy atom. The molecule has 2 aromatic rings. The molecule has 0 aliphatic carbocycles. The highest BCUT2D eigenvalue weighted by atomic mass is 16.5. The number of anilines is 1. The predicted octanol–water partition coefficient (Wildman–Crippen LogP) is 3.26. The molecule has 0 saturated heterocycles. The van der Waals surface area contributed by atoms with Gasteiger partial charge in [-0.3, -0.25) is 4.79 Å². The van der Waals surface area contributed by atoms with E-state index in [1.807, 2.05) is 37.3 Å². The molecule has 0 aliphatic heterocycles. The van der Waals surface area contributed by atoms with Gasteiger partial charge in [0.25, 0.3) is 5.91 Å². The molecule has 1 amide bonds. The maximum absolute atomic E-state index is 12.0. The van der Waals surface area contributed by atoms with Gasteiger partial charge in [-0.1, -0.05) is 24.3 Å². The second-order valence-electron chi connectivity index (χ2n) is 5.59. The van der Waals surface area contributed by atoms with Crippen LogP contribution in [0.3, 0.4) is 0 Å². The summed E-state index contributed by atoms with van der Waals surface area (Å²) in [6.07, 6.45) is 0. The van der Waals surface area contributed by atoms with Crippen molar-refractivity contribution in [3.05, 3.63) is 59.2 Å². The van der Waals surface area contributed by atoms with E-state index in [1.165, 1.54) is 11.1 Å². The van der Waals surface area contributed by atoms with E-state index in [9.17, 15) is 4.79 Å². The molecule has 0 aromatic heterocycles. The Balaban J connectivity index is 1.93. The van der Waals surface area contributed by atoms with Gasteiger partial charge in [-0.15, -0.1) is 0 Å². The van der Waals surface area contributed by atoms with E-state index >= 15 is 0 Å². The molecule has 0 unspecified atom stereocenters. The number of rotatable bonds is 6. The minimum Gasteiger partial charge on any atom is -0.495 e. The number of para-hydroxylation sites is 2. The van der Waals surface area contributed by atoms with Crippen molar-refractivity contribution in [3.8, 4) is 5.75 Å². The molecule has 5 nitrogen and oxygen atoms in total. The average molecular weight is 325 g/mol. The molecule has 126 valence electrons. The molecule has 0 atom stereocenters. The number of aryl methyl sites for hydroxylation is 2. The van der Waals surface area contributed by atoms with Gasteiger partial charge in [-0.2, -0.15) is 5.10 Å². The molecule has 0 bridgehead atoms. The lowest BCUT2D eigenvalue weighted by Crippen LogP contribution is -2.26. The van der Waals surface area contributed by atoms with Gasteiger partial charge >= 0.3 is 0 Å². The van der Waals surface area contributed by atoms with Gasteiger partial charge in [0, 0.05) is 0 Å². The standard InChI is InChI=1S/C19H23N3O2/c1-13-9-10-16(11-14(13)2)15(3)21-22-19(23)12-20-17-7-5-6-8-18(17)24-4/h5-11,20H,12H2,1-4H3,(H,22,23)/b21-15-. The quantitative estimate of drug-likeness (QED) is 0.633. The molecule has 2 N–H and O–H groups in total. The van der Waals surface area contributed by atoms with Gasteiger partial charge in [-0.05, 0) is 55.7 Å². The number of hydrogen-bond donors (Lipinski definition) is 2. The van der Waals surface area contributed by atoms with Crippen LogP contribution in [0.4, 0.5) is 5.69 Å². The Morgan fingerprint density at radius 3 is 2.58 bits per heavy atom. The molecule has 0 spiro atoms. The molecular formula is C19H23N3O2. The van der Waals surface area contributed by atoms with E-state index < -0.39 is 0 Å². The number of benzene rings is 2. The van der Waals surface area contributed by atoms with Crippen LogP contribution in [0.5, 0.6) is 5.75 Å². The average Bonchev–Trinajstić information content (AvgIpc) is 2.60. The molecule has 24 heavy (non-hydrogen) atoms. The molecule has 2 aromatic carbocycles. The van der Waals surface area contributed by atoms with Crippen molar-refractivity contribution in [3.63, 3.8) is 0 Å². The number of amides is 1. The third-order valence-electron chi connectivity index (χ3n) is 3.82. The number of ether oxygens (including phenoxy) is 1. The van der Waals surface area contributed by atoms with Crippen LogP contribution in [0.15, 0.2) is 47.6 Å². The summed E-state index contributed by atoms with van der Waals surface area (Å²) < 4.78 is 5.23. The fourth-order valence-corrected chi connectivity index (χ4v) is 2.18. The number of nitrogens with zero attached hydrogens (tertiary/aromatic N) is 1. The van der Waals surface area contributed by atoms with Crippen LogP contribution in [0.1, 0.15) is 23.6 Å². The van der Waals surface area contributed by atoms with E-state index in [2.05, 4.69) is 41.8 Å². The molecule has 0 saturated carbocycles. The largest absolute Gasteiger partial charge is 0.495 e. The summed E-state index contributed by atoms with van der Waals surface area (Å²) in [6.45, 7) is 6.11. The van der Waals surface area contributed by atoms with E-state index in [4.69, 9.17) is 4.74 Å². The number of carbonyl (C=O) groups excluding carboxylic acids is 1. The summed E-state index contributed by atoms with van der Waals surface area (Å²) >= 11 is 0. The Kier molecular flexibility index (Phi) is 5.95. The molecule has 5 heteroatoms. The summed E-state index contributed by atoms with van der Waals surface area (Å²) in [5, 5.41) is 7.20. The zero-order valence-electron chi connectivity index (χ0n) is 14.5. The molecule has 0 fully saturated rings. The predicted molar refractivity (Wildman–Crippen MR) is 97.8 cm³/mol. The van der Waals surface area contributed by atoms with Crippen LogP contribution >= 0.6 is 0 Å². The van der Waals surface area contributed by atoms with Crippen molar-refractivity contribution < 1.29 is 9.53 Å². The lowest BCUT2D eigenvalue weighted by Gasteiger charge is -2.10. The minimum atomic E-state index is -0.218. The van der Waals surface area contributed by atoms with E-state index in [-0.39, 0.29) is 12.5 Å². The Morgan fingerprint density at radius 1 is 1.12 bits per heavy atom. The summed E-state index contributed by atoms with van der Waals surface area (Å²) in [5.41, 5.74) is 7.53. The van der Waals surface area contributed by atoms with Crippen LogP contribution in [-0.2, 0) is 4.79 Å². The number of methoxy groups -OCH3 is 1. The van der Waals surface area contributed by atoms with Gasteiger partial charge in [0.2, 0.25) is 0 Å². The van der Waals surface area contributed by atoms with Crippen LogP contribution < -0.4 is 15.5 Å². The molecule has 0 radical (unpaired) electrons. The van der Waals surface area contributed by atoms with Gasteiger partial charge in [0.15, 0.2) is 0 Å². The van der Waals surface area contributed by atoms with Crippen molar-refractivity contribution in [1.82, 2.24) is 5.43 Å². The highest BCUT2D eigenvalue weighted by molar-refractivity contribution is 5.99. The fourth-order valence-electron chi connectivity index (χ4n) is 2.18. The maximum Gasteiger partial charge on any atom is 0.259 e. The lowest BCUT2D eigenvalue weighted by atomic mass is 10.0. The van der Waals surface area contributed by atoms with E-state index in [0.717, 1.165) is 17.0 Å². The first-order chi connectivity index (χ1) is 11.5. The first-order valence-electron chi connectivity index (χ1n) is 7.79. The number of hydrazone groups is 1. The SMILES string of the molecule is COc1ccccc1NCC(=O)N/N=C(/C)c1ccc(C)c(C)c1. The zero-order chi connectivity index (χ0) is 17.5. The minimum absolute atomic E-state index is 0.115. The third-order valence-corrected chi connectivity index (χ3v) is 3.82. The van der Waals surface area contributed by atoms with Crippen LogP contribution in [0.25, 0.3) is 0 Å². The fraction of sp³-hybridized carbons (Fsp3) is 0.263. The summed E-state index contributed by atoms with van der Waals surface area (Å²) in [5.74, 6) is 0.476. The van der Waals surface area contributed by atoms with Gasteiger partial charge in [-0.25, -0.2) is 5.43 Å². The first-order valence-corrected chi connectivity index (χ1v) is 7.79. The second-order valence-corrected chi connectivity index (χ2v) is 5.59. The molecule has 2 rings (SSSR count). The highest BCUT2D eigenvalue weighted by Crippen LogP contribution is 2.22. The van der Waals surface area contributed by atoms with Gasteiger partial charge in [0.1, 0.15) is 5.75 Å². The van der Waals surface area contributed by atoms with Crippen LogP contribution in [-0.4, -0.2) is 25.3 Å². The number of nitrogens with one attached hydrogen (secondary N) is 2. The lowest BCUT2D eigenvalue weighted by molar-refractivity contribution is -0.119. The Hall–Kier alpha value is -2.82. The van der Waals surface area contributed by atoms with Crippen molar-refractivity contribution in [2.45, 2.75) is 20.8 Å². The van der Waals surface area contributed by atoms with Gasteiger partial charge in [0.05, 0.1) is 25.1 Å². The van der Waals surface area contributed by atoms with E-state index in [0.29, 0.717) is 5.75 Å². The van der Waals surface area contributed by atoms with Gasteiger partial charge < -0.3 is 10.1 Å². The number of hydrogen-bond acceptors (Lipinski definition) is 4. The monoisotopic (exact) mass is 325 g/mol. The van der Waals surface area contributed by atoms with Crippen molar-refractivity contribution in [1.29, 1.82) is 0 Å². The molecular weight excluding hydrogens is 302 g/mol. The second kappa shape index (κ2) is 8.15. The zero-order valence-corrected chi connectivity index (χ0v) is 14.5. The highest BCUT2D eigenvalue weighted by Gasteiger charge is 2.05. The van der Waals surface area contributed by atoms with Crippen LogP contribution in [0.2, 0.25) is 0 Å². The first kappa shape index (κ1) is 17.5. The smallest absolute Gasteiger partial charge is 0.259 e. The Labute approximate surface area is 142 Å². The summed E-state index contributed by atoms with van der Waals surface area (Å²) in [7, 11) is 1.60. The van der Waals surface area contributed by atoms with Crippen molar-refractivity contribution >= 4 is 17.3 Å². The van der Waals surface area contributed by atoms with E-state index in [1.54, 1.807) is 7.11 Å². The maximum atomic E-state index is 12.0. The normalized spacial score (nSPS) is 11.1. The topological polar surface area (TPSA) is 62.7 Å². The number of carbonyl (C=O) groups is 1. The van der Waals surface area contributed by atoms with Crippen molar-refractivity contribution in [2.75, 3.05) is 19.0 Å². The Bertz CT molecular complexity index is 754. The summed E-state index contributed by atoms with van der Waals surface area (Å²) in [6, 6.07) is 13.6. The third kappa shape index (κ3) is 4.59. The molecule has 0 heterocycles. The summed E-state index contributed by atoms with van der Waals surface area (Å²) in [4.78, 5) is 12.0. The molecule has 0 aliphatic rings.